The second-order valence-corrected chi connectivity index (χ2v) is 13.8. The van der Waals surface area contributed by atoms with E-state index in [2.05, 4.69) is 16.0 Å². The molecule has 0 aliphatic carbocycles. The molecular weight excluding hydrogens is 656 g/mol. The zero-order valence-electron chi connectivity index (χ0n) is 25.5. The van der Waals surface area contributed by atoms with Gasteiger partial charge in [0, 0.05) is 48.8 Å². The zero-order valence-corrected chi connectivity index (χ0v) is 26.3. The number of rotatable bonds is 7. The highest BCUT2D eigenvalue weighted by Crippen LogP contribution is 2.48. The van der Waals surface area contributed by atoms with Gasteiger partial charge in [-0.05, 0) is 55.8 Å². The Kier molecular flexibility index (Phi) is 8.03. The van der Waals surface area contributed by atoms with Crippen molar-refractivity contribution in [2.75, 3.05) is 43.4 Å². The highest BCUT2D eigenvalue weighted by molar-refractivity contribution is 7.23. The van der Waals surface area contributed by atoms with Gasteiger partial charge in [0.25, 0.3) is 0 Å². The predicted molar refractivity (Wildman–Crippen MR) is 168 cm³/mol. The number of halogens is 6. The topological polar surface area (TPSA) is 115 Å². The fourth-order valence-corrected chi connectivity index (χ4v) is 8.62. The molecule has 3 aliphatic heterocycles. The molecule has 2 aromatic heterocycles. The van der Waals surface area contributed by atoms with Crippen LogP contribution in [0.3, 0.4) is 0 Å². The molecule has 3 atom stereocenters. The van der Waals surface area contributed by atoms with E-state index in [0.717, 1.165) is 24.6 Å². The van der Waals surface area contributed by atoms with Crippen LogP contribution in [0.2, 0.25) is 0 Å². The molecule has 15 heteroatoms. The summed E-state index contributed by atoms with van der Waals surface area (Å²) in [5.74, 6) is -2.05. The van der Waals surface area contributed by atoms with Crippen molar-refractivity contribution in [1.82, 2.24) is 14.9 Å². The molecule has 0 unspecified atom stereocenters. The zero-order chi connectivity index (χ0) is 34.0. The van der Waals surface area contributed by atoms with Crippen LogP contribution in [-0.4, -0.2) is 59.4 Å². The first-order chi connectivity index (χ1) is 22.9. The summed E-state index contributed by atoms with van der Waals surface area (Å²) >= 11 is 0.688. The number of alkyl halides is 4. The molecule has 0 radical (unpaired) electrons. The molecule has 7 rings (SSSR count). The average Bonchev–Trinajstić information content (AvgIpc) is 3.81. The van der Waals surface area contributed by atoms with Crippen LogP contribution in [0.4, 0.5) is 37.2 Å². The summed E-state index contributed by atoms with van der Waals surface area (Å²) in [5.41, 5.74) is 2.02. The lowest BCUT2D eigenvalue weighted by Crippen LogP contribution is -2.43. The van der Waals surface area contributed by atoms with E-state index in [4.69, 9.17) is 15.7 Å². The largest absolute Gasteiger partial charge is 0.461 e. The van der Waals surface area contributed by atoms with E-state index in [-0.39, 0.29) is 68.9 Å². The van der Waals surface area contributed by atoms with E-state index in [9.17, 15) is 27.2 Å². The van der Waals surface area contributed by atoms with E-state index in [1.54, 1.807) is 4.90 Å². The molecule has 3 aliphatic rings. The first-order valence-corrected chi connectivity index (χ1v) is 16.4. The van der Waals surface area contributed by atoms with E-state index in [1.807, 2.05) is 11.0 Å². The van der Waals surface area contributed by atoms with Gasteiger partial charge >= 0.3 is 12.2 Å². The Balaban J connectivity index is 1.43. The van der Waals surface area contributed by atoms with Crippen LogP contribution < -0.4 is 15.4 Å². The number of nitrogens with zero attached hydrogens (tertiary/aromatic N) is 6. The van der Waals surface area contributed by atoms with E-state index in [1.165, 1.54) is 0 Å². The number of ether oxygens (including phenoxy) is 1. The lowest BCUT2D eigenvalue weighted by molar-refractivity contribution is -0.137. The highest BCUT2D eigenvalue weighted by atomic mass is 32.1. The van der Waals surface area contributed by atoms with Crippen molar-refractivity contribution in [3.05, 3.63) is 41.0 Å². The smallest absolute Gasteiger partial charge is 0.417 e. The number of nitrogen functional groups attached to an aromatic ring is 1. The van der Waals surface area contributed by atoms with E-state index >= 15 is 4.39 Å². The third-order valence-corrected chi connectivity index (χ3v) is 10.9. The van der Waals surface area contributed by atoms with Gasteiger partial charge in [-0.15, -0.1) is 11.3 Å². The minimum Gasteiger partial charge on any atom is -0.461 e. The van der Waals surface area contributed by atoms with Gasteiger partial charge in [0.1, 0.15) is 41.0 Å². The Hall–Kier alpha value is -4.34. The van der Waals surface area contributed by atoms with Crippen LogP contribution in [-0.2, 0) is 6.18 Å². The quantitative estimate of drug-likeness (QED) is 0.201. The van der Waals surface area contributed by atoms with Gasteiger partial charge in [0.15, 0.2) is 5.82 Å². The molecular formula is C33H29F6N7OS. The van der Waals surface area contributed by atoms with Crippen molar-refractivity contribution in [2.24, 2.45) is 5.92 Å². The standard InChI is InChI=1S/C33H29F6N7OS/c34-18-12-32(7-2-9-46(32)15-18)16-47-31-43-27-20(30(44-31)45-10-6-17(14-45)3-1-8-40)11-22(33(37,38)39)25(26(27)36)19-4-5-23(35)28-24(19)21(13-41)29(42)48-28/h4-5,11,17-18H,1-3,6-7,9-10,12,14-16,42H2/t17-,18+,32-/m0/s1. The molecule has 0 saturated carbocycles. The van der Waals surface area contributed by atoms with Gasteiger partial charge in [0.2, 0.25) is 0 Å². The van der Waals surface area contributed by atoms with Gasteiger partial charge < -0.3 is 15.4 Å². The normalized spacial score (nSPS) is 22.8. The Bertz CT molecular complexity index is 2020. The highest BCUT2D eigenvalue weighted by Gasteiger charge is 2.49. The predicted octanol–water partition coefficient (Wildman–Crippen LogP) is 7.35. The van der Waals surface area contributed by atoms with E-state index < -0.39 is 46.2 Å². The lowest BCUT2D eigenvalue weighted by atomic mass is 9.92. The monoisotopic (exact) mass is 685 g/mol. The first-order valence-electron chi connectivity index (χ1n) is 15.6. The van der Waals surface area contributed by atoms with Crippen LogP contribution >= 0.6 is 11.3 Å². The lowest BCUT2D eigenvalue weighted by Gasteiger charge is -2.31. The van der Waals surface area contributed by atoms with Crippen molar-refractivity contribution >= 4 is 43.1 Å². The number of thiophene rings is 1. The molecule has 2 aromatic carbocycles. The Morgan fingerprint density at radius 3 is 2.71 bits per heavy atom. The minimum atomic E-state index is -5.08. The summed E-state index contributed by atoms with van der Waals surface area (Å²) < 4.78 is 96.8. The number of hydrogen-bond acceptors (Lipinski definition) is 9. The van der Waals surface area contributed by atoms with Crippen molar-refractivity contribution in [3.8, 4) is 29.3 Å². The number of hydrogen-bond donors (Lipinski definition) is 1. The Morgan fingerprint density at radius 2 is 1.96 bits per heavy atom. The number of anilines is 2. The maximum atomic E-state index is 17.0. The fourth-order valence-electron chi connectivity index (χ4n) is 7.67. The number of benzene rings is 2. The van der Waals surface area contributed by atoms with Gasteiger partial charge in [-0.3, -0.25) is 4.90 Å². The number of aromatic nitrogens is 2. The van der Waals surface area contributed by atoms with Crippen molar-refractivity contribution in [2.45, 2.75) is 56.4 Å². The molecule has 4 aromatic rings. The minimum absolute atomic E-state index is 0.0105. The van der Waals surface area contributed by atoms with E-state index in [0.29, 0.717) is 56.7 Å². The molecule has 0 spiro atoms. The third-order valence-electron chi connectivity index (χ3n) is 9.88. The Labute approximate surface area is 275 Å². The molecule has 3 saturated heterocycles. The second kappa shape index (κ2) is 12.0. The summed E-state index contributed by atoms with van der Waals surface area (Å²) in [7, 11) is 0. The summed E-state index contributed by atoms with van der Waals surface area (Å²) in [6.45, 7) is 1.75. The SMILES string of the molecule is N#CCC[C@H]1CCN(c2nc(OC[C@@]34CCCN3C[C@H](F)C4)nc3c(F)c(-c4ccc(F)c5sc(N)c(C#N)c45)c(C(F)(F)F)cc23)C1. The van der Waals surface area contributed by atoms with Crippen LogP contribution in [0.5, 0.6) is 6.01 Å². The van der Waals surface area contributed by atoms with Gasteiger partial charge in [0.05, 0.1) is 27.4 Å². The number of nitrogens with two attached hydrogens (primary N) is 1. The van der Waals surface area contributed by atoms with Crippen LogP contribution in [0.15, 0.2) is 18.2 Å². The molecule has 2 N–H and O–H groups in total. The first kappa shape index (κ1) is 32.2. The number of fused-ring (bicyclic) bond motifs is 3. The molecule has 8 nitrogen and oxygen atoms in total. The average molecular weight is 686 g/mol. The van der Waals surface area contributed by atoms with Crippen LogP contribution in [0.25, 0.3) is 32.1 Å². The van der Waals surface area contributed by atoms with Gasteiger partial charge in [-0.25, -0.2) is 13.2 Å². The maximum Gasteiger partial charge on any atom is 0.417 e. The molecule has 3 fully saturated rings. The van der Waals surface area contributed by atoms with Gasteiger partial charge in [-0.1, -0.05) is 6.07 Å². The summed E-state index contributed by atoms with van der Waals surface area (Å²) in [4.78, 5) is 12.6. The summed E-state index contributed by atoms with van der Waals surface area (Å²) in [6, 6.07) is 6.37. The molecule has 0 amide bonds. The molecule has 48 heavy (non-hydrogen) atoms. The number of nitriles is 2. The third kappa shape index (κ3) is 5.33. The van der Waals surface area contributed by atoms with Crippen molar-refractivity contribution in [3.63, 3.8) is 0 Å². The second-order valence-electron chi connectivity index (χ2n) is 12.8. The summed E-state index contributed by atoms with van der Waals surface area (Å²) in [6.07, 6.45) is -2.79. The van der Waals surface area contributed by atoms with Crippen molar-refractivity contribution < 1.29 is 31.1 Å². The maximum absolute atomic E-state index is 17.0. The Morgan fingerprint density at radius 1 is 1.15 bits per heavy atom. The van der Waals surface area contributed by atoms with Crippen LogP contribution in [0, 0.1) is 40.2 Å². The van der Waals surface area contributed by atoms with Gasteiger partial charge in [-0.2, -0.15) is 33.7 Å². The molecule has 250 valence electrons. The fraction of sp³-hybridized carbons (Fsp3) is 0.455. The molecule has 0 bridgehead atoms. The summed E-state index contributed by atoms with van der Waals surface area (Å²) in [5, 5.41) is 18.3. The van der Waals surface area contributed by atoms with Crippen molar-refractivity contribution in [1.29, 1.82) is 10.5 Å². The molecule has 5 heterocycles. The van der Waals surface area contributed by atoms with Crippen LogP contribution in [0.1, 0.15) is 49.7 Å².